The molecule has 1 heterocycles. The maximum Gasteiger partial charge on any atom is 0.226 e. The average Bonchev–Trinajstić information content (AvgIpc) is 3.09. The van der Waals surface area contributed by atoms with E-state index < -0.39 is 0 Å². The lowest BCUT2D eigenvalue weighted by Gasteiger charge is -2.04. The minimum atomic E-state index is -0.0578. The van der Waals surface area contributed by atoms with E-state index in [0.29, 0.717) is 29.6 Å². The number of hydrogen-bond donors (Lipinski definition) is 1. The number of carbonyl (C=O) groups excluding carboxylic acids is 1. The number of thiazole rings is 1. The molecule has 0 radical (unpaired) electrons. The largest absolute Gasteiger partial charge is 0.494 e. The first-order valence-corrected chi connectivity index (χ1v) is 9.63. The molecule has 3 aromatic rings. The number of nitrogens with one attached hydrogen (secondary N) is 1. The second-order valence-electron chi connectivity index (χ2n) is 5.67. The number of aryl methyl sites for hydroxylation is 1. The molecule has 134 valence electrons. The predicted octanol–water partition coefficient (Wildman–Crippen LogP) is 5.43. The highest BCUT2D eigenvalue weighted by Crippen LogP contribution is 2.26. The summed E-state index contributed by atoms with van der Waals surface area (Å²) in [4.78, 5) is 16.6. The number of carbonyl (C=O) groups is 1. The van der Waals surface area contributed by atoms with E-state index in [0.717, 1.165) is 22.6 Å². The normalized spacial score (nSPS) is 10.5. The van der Waals surface area contributed by atoms with E-state index >= 15 is 0 Å². The Bertz CT molecular complexity index is 878. The van der Waals surface area contributed by atoms with Gasteiger partial charge in [-0.25, -0.2) is 4.98 Å². The molecule has 0 atom stereocenters. The summed E-state index contributed by atoms with van der Waals surface area (Å²) in [5.74, 6) is 0.776. The third-order valence-corrected chi connectivity index (χ3v) is 4.73. The molecule has 4 nitrogen and oxygen atoms in total. The van der Waals surface area contributed by atoms with Crippen LogP contribution in [0.4, 0.5) is 5.13 Å². The minimum Gasteiger partial charge on any atom is -0.494 e. The number of anilines is 1. The van der Waals surface area contributed by atoms with E-state index in [9.17, 15) is 4.79 Å². The molecule has 1 amide bonds. The molecule has 1 N–H and O–H groups in total. The van der Waals surface area contributed by atoms with Crippen molar-refractivity contribution in [3.63, 3.8) is 0 Å². The Morgan fingerprint density at radius 1 is 1.23 bits per heavy atom. The molecular weight excluding hydrogens is 368 g/mol. The van der Waals surface area contributed by atoms with Crippen LogP contribution in [0.25, 0.3) is 11.3 Å². The molecule has 0 fully saturated rings. The average molecular weight is 387 g/mol. The maximum atomic E-state index is 12.1. The van der Waals surface area contributed by atoms with Gasteiger partial charge in [0.15, 0.2) is 5.13 Å². The summed E-state index contributed by atoms with van der Waals surface area (Å²) in [6, 6.07) is 15.3. The third-order valence-electron chi connectivity index (χ3n) is 3.74. The van der Waals surface area contributed by atoms with Gasteiger partial charge in [-0.1, -0.05) is 23.7 Å². The molecule has 0 saturated carbocycles. The fraction of sp³-hybridized carbons (Fsp3) is 0.200. The van der Waals surface area contributed by atoms with Crippen LogP contribution in [0.15, 0.2) is 53.9 Å². The molecule has 2 aromatic carbocycles. The first-order chi connectivity index (χ1) is 12.6. The molecule has 26 heavy (non-hydrogen) atoms. The molecule has 3 rings (SSSR count). The van der Waals surface area contributed by atoms with Gasteiger partial charge in [-0.3, -0.25) is 4.79 Å². The highest BCUT2D eigenvalue weighted by Gasteiger charge is 2.09. The molecule has 0 aliphatic rings. The Kier molecular flexibility index (Phi) is 6.26. The lowest BCUT2D eigenvalue weighted by atomic mass is 10.1. The predicted molar refractivity (Wildman–Crippen MR) is 107 cm³/mol. The Balaban J connectivity index is 1.56. The second kappa shape index (κ2) is 8.83. The van der Waals surface area contributed by atoms with Crippen molar-refractivity contribution < 1.29 is 9.53 Å². The van der Waals surface area contributed by atoms with Crippen molar-refractivity contribution in [2.75, 3.05) is 11.9 Å². The van der Waals surface area contributed by atoms with Crippen molar-refractivity contribution in [2.45, 2.75) is 19.8 Å². The van der Waals surface area contributed by atoms with Gasteiger partial charge in [0.05, 0.1) is 12.3 Å². The van der Waals surface area contributed by atoms with Crippen LogP contribution in [0.5, 0.6) is 5.75 Å². The molecule has 0 aliphatic carbocycles. The molecule has 0 spiro atoms. The lowest BCUT2D eigenvalue weighted by Crippen LogP contribution is -2.12. The molecule has 6 heteroatoms. The van der Waals surface area contributed by atoms with Gasteiger partial charge in [0.1, 0.15) is 5.75 Å². The van der Waals surface area contributed by atoms with Crippen LogP contribution < -0.4 is 10.1 Å². The fourth-order valence-electron chi connectivity index (χ4n) is 2.48. The Labute approximate surface area is 161 Å². The fourth-order valence-corrected chi connectivity index (χ4v) is 3.43. The van der Waals surface area contributed by atoms with Crippen molar-refractivity contribution in [3.8, 4) is 17.0 Å². The summed E-state index contributed by atoms with van der Waals surface area (Å²) in [6.45, 7) is 2.59. The van der Waals surface area contributed by atoms with Crippen molar-refractivity contribution in [2.24, 2.45) is 0 Å². The molecular formula is C20H19ClN2O2S. The standard InChI is InChI=1S/C20H19ClN2O2S/c1-2-25-17-9-7-15(8-10-17)18-13-26-20(22-18)23-19(24)11-6-14-4-3-5-16(21)12-14/h3-5,7-10,12-13H,2,6,11H2,1H3,(H,22,23,24). The Morgan fingerprint density at radius 2 is 2.04 bits per heavy atom. The van der Waals surface area contributed by atoms with Crippen LogP contribution >= 0.6 is 22.9 Å². The monoisotopic (exact) mass is 386 g/mol. The second-order valence-corrected chi connectivity index (χ2v) is 6.97. The number of amides is 1. The first kappa shape index (κ1) is 18.4. The van der Waals surface area contributed by atoms with Crippen molar-refractivity contribution in [1.82, 2.24) is 4.98 Å². The van der Waals surface area contributed by atoms with Gasteiger partial charge in [0.2, 0.25) is 5.91 Å². The Hall–Kier alpha value is -2.37. The van der Waals surface area contributed by atoms with Crippen LogP contribution in [0.1, 0.15) is 18.9 Å². The number of rotatable bonds is 7. The van der Waals surface area contributed by atoms with E-state index in [1.165, 1.54) is 11.3 Å². The quantitative estimate of drug-likeness (QED) is 0.588. The van der Waals surface area contributed by atoms with Crippen molar-refractivity contribution >= 4 is 34.0 Å². The number of ether oxygens (including phenoxy) is 1. The van der Waals surface area contributed by atoms with E-state index in [4.69, 9.17) is 16.3 Å². The van der Waals surface area contributed by atoms with Crippen molar-refractivity contribution in [1.29, 1.82) is 0 Å². The Morgan fingerprint density at radius 3 is 2.77 bits per heavy atom. The highest BCUT2D eigenvalue weighted by molar-refractivity contribution is 7.14. The summed E-state index contributed by atoms with van der Waals surface area (Å²) in [6.07, 6.45) is 1.03. The van der Waals surface area contributed by atoms with Gasteiger partial charge >= 0.3 is 0 Å². The van der Waals surface area contributed by atoms with E-state index in [2.05, 4.69) is 10.3 Å². The minimum absolute atomic E-state index is 0.0578. The summed E-state index contributed by atoms with van der Waals surface area (Å²) in [7, 11) is 0. The number of hydrogen-bond acceptors (Lipinski definition) is 4. The number of benzene rings is 2. The van der Waals surface area contributed by atoms with Crippen LogP contribution in [0.2, 0.25) is 5.02 Å². The van der Waals surface area contributed by atoms with Crippen LogP contribution in [-0.2, 0) is 11.2 Å². The van der Waals surface area contributed by atoms with E-state index in [1.807, 2.05) is 60.8 Å². The zero-order valence-electron chi connectivity index (χ0n) is 14.4. The van der Waals surface area contributed by atoms with Gasteiger partial charge < -0.3 is 10.1 Å². The third kappa shape index (κ3) is 5.07. The molecule has 0 saturated heterocycles. The molecule has 0 bridgehead atoms. The van der Waals surface area contributed by atoms with Gasteiger partial charge in [-0.05, 0) is 55.3 Å². The van der Waals surface area contributed by atoms with Gasteiger partial charge in [0, 0.05) is 22.4 Å². The zero-order valence-corrected chi connectivity index (χ0v) is 15.9. The molecule has 1 aromatic heterocycles. The number of aromatic nitrogens is 1. The summed E-state index contributed by atoms with van der Waals surface area (Å²) in [5, 5.41) is 6.08. The molecule has 0 unspecified atom stereocenters. The van der Waals surface area contributed by atoms with Crippen LogP contribution in [0, 0.1) is 0 Å². The van der Waals surface area contributed by atoms with E-state index in [-0.39, 0.29) is 5.91 Å². The van der Waals surface area contributed by atoms with Gasteiger partial charge in [-0.2, -0.15) is 0 Å². The summed E-state index contributed by atoms with van der Waals surface area (Å²) in [5.41, 5.74) is 2.87. The topological polar surface area (TPSA) is 51.2 Å². The zero-order chi connectivity index (χ0) is 18.4. The first-order valence-electron chi connectivity index (χ1n) is 8.37. The van der Waals surface area contributed by atoms with E-state index in [1.54, 1.807) is 0 Å². The lowest BCUT2D eigenvalue weighted by molar-refractivity contribution is -0.116. The van der Waals surface area contributed by atoms with Crippen LogP contribution in [-0.4, -0.2) is 17.5 Å². The van der Waals surface area contributed by atoms with Gasteiger partial charge in [0.25, 0.3) is 0 Å². The summed E-state index contributed by atoms with van der Waals surface area (Å²) >= 11 is 7.38. The SMILES string of the molecule is CCOc1ccc(-c2csc(NC(=O)CCc3cccc(Cl)c3)n2)cc1. The number of halogens is 1. The maximum absolute atomic E-state index is 12.1. The smallest absolute Gasteiger partial charge is 0.226 e. The summed E-state index contributed by atoms with van der Waals surface area (Å²) < 4.78 is 5.44. The number of nitrogens with zero attached hydrogens (tertiary/aromatic N) is 1. The molecule has 0 aliphatic heterocycles. The van der Waals surface area contributed by atoms with Gasteiger partial charge in [-0.15, -0.1) is 11.3 Å². The van der Waals surface area contributed by atoms with Crippen LogP contribution in [0.3, 0.4) is 0 Å². The highest BCUT2D eigenvalue weighted by atomic mass is 35.5. The van der Waals surface area contributed by atoms with Crippen molar-refractivity contribution in [3.05, 3.63) is 64.5 Å².